The number of carbonyl (C=O) groups excluding carboxylic acids is 1. The summed E-state index contributed by atoms with van der Waals surface area (Å²) in [6.45, 7) is 3.91. The third-order valence-corrected chi connectivity index (χ3v) is 6.98. The van der Waals surface area contributed by atoms with Crippen molar-refractivity contribution in [2.24, 2.45) is 0 Å². The summed E-state index contributed by atoms with van der Waals surface area (Å²) in [7, 11) is -3.83. The Hall–Kier alpha value is -3.18. The number of hydrogen-bond donors (Lipinski definition) is 0. The topological polar surface area (TPSA) is 56.1 Å². The number of ketones is 1. The predicted octanol–water partition coefficient (Wildman–Crippen LogP) is 4.85. The number of hydrogen-bond acceptors (Lipinski definition) is 3. The van der Waals surface area contributed by atoms with Crippen LogP contribution in [0.15, 0.2) is 83.8 Å². The highest BCUT2D eigenvalue weighted by Crippen LogP contribution is 2.26. The van der Waals surface area contributed by atoms with E-state index in [4.69, 9.17) is 0 Å². The summed E-state index contributed by atoms with van der Waals surface area (Å²) >= 11 is 0. The van der Waals surface area contributed by atoms with Crippen molar-refractivity contribution in [3.63, 3.8) is 0 Å². The van der Waals surface area contributed by atoms with E-state index in [9.17, 15) is 13.2 Å². The predicted molar refractivity (Wildman–Crippen MR) is 119 cm³/mol. The van der Waals surface area contributed by atoms with Crippen molar-refractivity contribution in [1.82, 2.24) is 3.97 Å². The Bertz CT molecular complexity index is 1320. The van der Waals surface area contributed by atoms with Crippen LogP contribution in [0.5, 0.6) is 0 Å². The van der Waals surface area contributed by atoms with E-state index in [-0.39, 0.29) is 23.5 Å². The molecule has 1 heterocycles. The second-order valence-electron chi connectivity index (χ2n) is 7.65. The molecule has 30 heavy (non-hydrogen) atoms. The zero-order valence-electron chi connectivity index (χ0n) is 17.0. The molecule has 0 bridgehead atoms. The molecule has 0 atom stereocenters. The smallest absolute Gasteiger partial charge is 0.268 e. The summed E-state index contributed by atoms with van der Waals surface area (Å²) in [5, 5.41) is 0.798. The number of rotatable bonds is 6. The quantitative estimate of drug-likeness (QED) is 0.451. The molecule has 5 heteroatoms. The lowest BCUT2D eigenvalue weighted by Gasteiger charge is -2.12. The van der Waals surface area contributed by atoms with Gasteiger partial charge in [-0.25, -0.2) is 12.4 Å². The van der Waals surface area contributed by atoms with Crippen molar-refractivity contribution < 1.29 is 13.2 Å². The maximum atomic E-state index is 13.5. The van der Waals surface area contributed by atoms with Gasteiger partial charge in [0.1, 0.15) is 5.78 Å². The van der Waals surface area contributed by atoms with E-state index >= 15 is 0 Å². The fourth-order valence-electron chi connectivity index (χ4n) is 3.61. The molecule has 0 amide bonds. The Kier molecular flexibility index (Phi) is 5.31. The van der Waals surface area contributed by atoms with Crippen LogP contribution in [0, 0.1) is 13.8 Å². The van der Waals surface area contributed by atoms with Crippen LogP contribution in [-0.2, 0) is 27.7 Å². The second kappa shape index (κ2) is 7.92. The van der Waals surface area contributed by atoms with Crippen LogP contribution in [0.4, 0.5) is 0 Å². The summed E-state index contributed by atoms with van der Waals surface area (Å²) in [6, 6.07) is 23.7. The minimum Gasteiger partial charge on any atom is -0.299 e. The standard InChI is InChI=1S/C25H23NO3S/c1-18-7-11-20(12-8-18)15-23(27)17-22-16-21-5-3-4-6-25(21)26(22)30(28,29)24-13-9-19(2)10-14-24/h3-14,16H,15,17H2,1-2H3. The van der Waals surface area contributed by atoms with Gasteiger partial charge in [-0.1, -0.05) is 65.7 Å². The van der Waals surface area contributed by atoms with Crippen LogP contribution in [-0.4, -0.2) is 18.2 Å². The third-order valence-electron chi connectivity index (χ3n) is 5.20. The van der Waals surface area contributed by atoms with E-state index in [1.165, 1.54) is 3.97 Å². The van der Waals surface area contributed by atoms with Gasteiger partial charge in [-0.2, -0.15) is 0 Å². The monoisotopic (exact) mass is 417 g/mol. The number of carbonyl (C=O) groups is 1. The van der Waals surface area contributed by atoms with Gasteiger partial charge in [0.2, 0.25) is 0 Å². The molecule has 0 aliphatic rings. The minimum absolute atomic E-state index is 0.0259. The van der Waals surface area contributed by atoms with Crippen LogP contribution < -0.4 is 0 Å². The molecule has 0 N–H and O–H groups in total. The highest BCUT2D eigenvalue weighted by molar-refractivity contribution is 7.90. The molecule has 3 aromatic carbocycles. The van der Waals surface area contributed by atoms with E-state index < -0.39 is 10.0 Å². The fourth-order valence-corrected chi connectivity index (χ4v) is 5.15. The number of Topliss-reactive ketones (excluding diaryl/α,β-unsaturated/α-hetero) is 1. The summed E-state index contributed by atoms with van der Waals surface area (Å²) in [5.74, 6) is -0.0259. The lowest BCUT2D eigenvalue weighted by Crippen LogP contribution is -2.18. The average molecular weight is 418 g/mol. The van der Waals surface area contributed by atoms with E-state index in [0.29, 0.717) is 11.2 Å². The number of aromatic nitrogens is 1. The van der Waals surface area contributed by atoms with Gasteiger partial charge in [-0.05, 0) is 43.7 Å². The van der Waals surface area contributed by atoms with E-state index in [1.54, 1.807) is 42.5 Å². The Balaban J connectivity index is 1.74. The molecule has 0 aliphatic carbocycles. The molecule has 0 fully saturated rings. The normalized spacial score (nSPS) is 11.7. The molecule has 0 aliphatic heterocycles. The highest BCUT2D eigenvalue weighted by atomic mass is 32.2. The van der Waals surface area contributed by atoms with Gasteiger partial charge in [-0.3, -0.25) is 4.79 Å². The molecule has 152 valence electrons. The molecule has 4 rings (SSSR count). The molecule has 4 nitrogen and oxygen atoms in total. The van der Waals surface area contributed by atoms with E-state index in [1.807, 2.05) is 50.2 Å². The molecule has 4 aromatic rings. The number of aryl methyl sites for hydroxylation is 2. The van der Waals surface area contributed by atoms with Crippen molar-refractivity contribution in [3.05, 3.63) is 101 Å². The summed E-state index contributed by atoms with van der Waals surface area (Å²) < 4.78 is 28.3. The Labute approximate surface area is 176 Å². The lowest BCUT2D eigenvalue weighted by atomic mass is 10.0. The number of benzene rings is 3. The molecule has 0 radical (unpaired) electrons. The Morgan fingerprint density at radius 2 is 1.40 bits per heavy atom. The molecule has 0 unspecified atom stereocenters. The second-order valence-corrected chi connectivity index (χ2v) is 9.44. The van der Waals surface area contributed by atoms with Gasteiger partial charge in [0.15, 0.2) is 0 Å². The Morgan fingerprint density at radius 1 is 0.800 bits per heavy atom. The molecule has 0 spiro atoms. The molecular weight excluding hydrogens is 394 g/mol. The number of fused-ring (bicyclic) bond motifs is 1. The first-order valence-corrected chi connectivity index (χ1v) is 11.3. The Morgan fingerprint density at radius 3 is 2.07 bits per heavy atom. The van der Waals surface area contributed by atoms with Gasteiger partial charge in [0, 0.05) is 23.9 Å². The van der Waals surface area contributed by atoms with Crippen LogP contribution in [0.25, 0.3) is 10.9 Å². The molecular formula is C25H23NO3S. The summed E-state index contributed by atoms with van der Waals surface area (Å²) in [6.07, 6.45) is 0.319. The molecule has 0 saturated heterocycles. The van der Waals surface area contributed by atoms with Crippen molar-refractivity contribution >= 4 is 26.7 Å². The fraction of sp³-hybridized carbons (Fsp3) is 0.160. The third kappa shape index (κ3) is 3.94. The van der Waals surface area contributed by atoms with Crippen LogP contribution in [0.2, 0.25) is 0 Å². The minimum atomic E-state index is -3.83. The van der Waals surface area contributed by atoms with Crippen LogP contribution in [0.1, 0.15) is 22.4 Å². The summed E-state index contributed by atoms with van der Waals surface area (Å²) in [5.41, 5.74) is 4.11. The van der Waals surface area contributed by atoms with Crippen molar-refractivity contribution in [3.8, 4) is 0 Å². The van der Waals surface area contributed by atoms with Gasteiger partial charge >= 0.3 is 0 Å². The number of para-hydroxylation sites is 1. The van der Waals surface area contributed by atoms with Gasteiger partial charge in [-0.15, -0.1) is 0 Å². The van der Waals surface area contributed by atoms with Crippen molar-refractivity contribution in [2.45, 2.75) is 31.6 Å². The average Bonchev–Trinajstić information content (AvgIpc) is 3.08. The summed E-state index contributed by atoms with van der Waals surface area (Å²) in [4.78, 5) is 13.0. The molecule has 1 aromatic heterocycles. The first-order chi connectivity index (χ1) is 14.3. The number of nitrogens with zero attached hydrogens (tertiary/aromatic N) is 1. The van der Waals surface area contributed by atoms with Crippen LogP contribution >= 0.6 is 0 Å². The van der Waals surface area contributed by atoms with E-state index in [0.717, 1.165) is 22.1 Å². The zero-order chi connectivity index (χ0) is 21.3. The first kappa shape index (κ1) is 20.1. The SMILES string of the molecule is Cc1ccc(CC(=O)Cc2cc3ccccc3n2S(=O)(=O)c2ccc(C)cc2)cc1. The van der Waals surface area contributed by atoms with Gasteiger partial charge in [0.25, 0.3) is 10.0 Å². The van der Waals surface area contributed by atoms with Crippen molar-refractivity contribution in [2.75, 3.05) is 0 Å². The maximum absolute atomic E-state index is 13.5. The van der Waals surface area contributed by atoms with Crippen LogP contribution in [0.3, 0.4) is 0 Å². The van der Waals surface area contributed by atoms with Gasteiger partial charge in [0.05, 0.1) is 10.4 Å². The first-order valence-electron chi connectivity index (χ1n) is 9.83. The zero-order valence-corrected chi connectivity index (χ0v) is 17.8. The lowest BCUT2D eigenvalue weighted by molar-refractivity contribution is -0.117. The van der Waals surface area contributed by atoms with E-state index in [2.05, 4.69) is 0 Å². The van der Waals surface area contributed by atoms with Gasteiger partial charge < -0.3 is 0 Å². The molecule has 0 saturated carbocycles. The largest absolute Gasteiger partial charge is 0.299 e. The highest BCUT2D eigenvalue weighted by Gasteiger charge is 2.24. The van der Waals surface area contributed by atoms with Crippen molar-refractivity contribution in [1.29, 1.82) is 0 Å². The maximum Gasteiger partial charge on any atom is 0.268 e.